The minimum Gasteiger partial charge on any atom is -0.321 e. The Morgan fingerprint density at radius 2 is 2.10 bits per heavy atom. The van der Waals surface area contributed by atoms with Gasteiger partial charge < -0.3 is 10.3 Å². The number of hydrogen-bond acceptors (Lipinski definition) is 6. The van der Waals surface area contributed by atoms with Gasteiger partial charge in [-0.1, -0.05) is 0 Å². The van der Waals surface area contributed by atoms with E-state index in [1.165, 1.54) is 6.20 Å². The lowest BCUT2D eigenvalue weighted by molar-refractivity contribution is 0.268. The third kappa shape index (κ3) is 5.58. The number of unbranched alkanes of at least 4 members (excludes halogenated alkanes) is 1. The molecule has 4 N–H and O–H groups in total. The van der Waals surface area contributed by atoms with E-state index >= 15 is 0 Å². The van der Waals surface area contributed by atoms with E-state index in [0.29, 0.717) is 12.6 Å². The number of nitrogen functional groups attached to an aromatic ring is 1. The summed E-state index contributed by atoms with van der Waals surface area (Å²) < 4.78 is 26.8. The van der Waals surface area contributed by atoms with Crippen molar-refractivity contribution >= 4 is 15.7 Å². The van der Waals surface area contributed by atoms with Crippen LogP contribution in [0.4, 0.5) is 5.69 Å². The van der Waals surface area contributed by atoms with E-state index in [1.54, 1.807) is 12.1 Å². The Morgan fingerprint density at radius 1 is 1.38 bits per heavy atom. The first-order valence-corrected chi connectivity index (χ1v) is 8.48. The van der Waals surface area contributed by atoms with Gasteiger partial charge in [0.1, 0.15) is 0 Å². The summed E-state index contributed by atoms with van der Waals surface area (Å²) in [6.07, 6.45) is 3.13. The van der Waals surface area contributed by atoms with Crippen LogP contribution in [-0.2, 0) is 10.0 Å². The second-order valence-electron chi connectivity index (χ2n) is 5.18. The molecule has 0 atom stereocenters. The number of nitrogens with one attached hydrogen (secondary N) is 2. The largest absolute Gasteiger partial charge is 0.321 e. The Kier molecular flexibility index (Phi) is 7.03. The number of aromatic nitrogens is 1. The van der Waals surface area contributed by atoms with Crippen molar-refractivity contribution in [3.05, 3.63) is 18.3 Å². The molecular formula is C13H25N5O2S. The van der Waals surface area contributed by atoms with Gasteiger partial charge in [-0.05, 0) is 52.4 Å². The molecule has 1 aromatic heterocycles. The van der Waals surface area contributed by atoms with Gasteiger partial charge in [0.2, 0.25) is 0 Å². The van der Waals surface area contributed by atoms with Crippen LogP contribution in [0.15, 0.2) is 23.4 Å². The number of hydrazine groups is 1. The molecule has 0 aliphatic rings. The quantitative estimate of drug-likeness (QED) is 0.353. The summed E-state index contributed by atoms with van der Waals surface area (Å²) >= 11 is 0. The van der Waals surface area contributed by atoms with Gasteiger partial charge in [0.05, 0.1) is 5.69 Å². The first kappa shape index (κ1) is 17.8. The molecule has 0 saturated carbocycles. The fourth-order valence-corrected chi connectivity index (χ4v) is 2.90. The third-order valence-corrected chi connectivity index (χ3v) is 4.71. The minimum absolute atomic E-state index is 0.0770. The highest BCUT2D eigenvalue weighted by atomic mass is 32.2. The number of pyridine rings is 1. The molecule has 0 aromatic carbocycles. The minimum atomic E-state index is -3.64. The highest BCUT2D eigenvalue weighted by Gasteiger charge is 2.18. The second-order valence-corrected chi connectivity index (χ2v) is 6.86. The fourth-order valence-electron chi connectivity index (χ4n) is 1.73. The van der Waals surface area contributed by atoms with Gasteiger partial charge in [0.15, 0.2) is 5.03 Å². The topological polar surface area (TPSA) is 100 Å². The van der Waals surface area contributed by atoms with Gasteiger partial charge >= 0.3 is 0 Å². The lowest BCUT2D eigenvalue weighted by Gasteiger charge is -2.20. The lowest BCUT2D eigenvalue weighted by atomic mass is 10.2. The SMILES string of the molecule is CC(C)N(C)CCCCNS(=O)(=O)c1ncccc1NN. The standard InChI is InChI=1S/C13H25N5O2S/c1-11(2)18(3)10-5-4-9-16-21(19,20)13-12(17-14)7-6-8-15-13/h6-8,11,16-17H,4-5,9-10,14H2,1-3H3. The number of nitrogens with zero attached hydrogens (tertiary/aromatic N) is 2. The molecule has 21 heavy (non-hydrogen) atoms. The second kappa shape index (κ2) is 8.28. The van der Waals surface area contributed by atoms with E-state index in [4.69, 9.17) is 5.84 Å². The smallest absolute Gasteiger partial charge is 0.260 e. The zero-order chi connectivity index (χ0) is 15.9. The Bertz CT molecular complexity index is 533. The van der Waals surface area contributed by atoms with E-state index in [1.807, 2.05) is 0 Å². The molecule has 0 aliphatic carbocycles. The molecule has 0 aliphatic heterocycles. The number of nitrogens with two attached hydrogens (primary N) is 1. The van der Waals surface area contributed by atoms with Crippen LogP contribution < -0.4 is 16.0 Å². The monoisotopic (exact) mass is 315 g/mol. The maximum Gasteiger partial charge on any atom is 0.260 e. The third-order valence-electron chi connectivity index (χ3n) is 3.29. The van der Waals surface area contributed by atoms with Crippen molar-refractivity contribution in [2.75, 3.05) is 25.6 Å². The van der Waals surface area contributed by atoms with Crippen LogP contribution in [0.1, 0.15) is 26.7 Å². The molecule has 8 heteroatoms. The van der Waals surface area contributed by atoms with E-state index < -0.39 is 10.0 Å². The van der Waals surface area contributed by atoms with Crippen molar-refractivity contribution in [3.8, 4) is 0 Å². The summed E-state index contributed by atoms with van der Waals surface area (Å²) in [6, 6.07) is 3.68. The summed E-state index contributed by atoms with van der Waals surface area (Å²) in [5.41, 5.74) is 2.62. The summed E-state index contributed by atoms with van der Waals surface area (Å²) in [6.45, 7) is 5.59. The van der Waals surface area contributed by atoms with Gasteiger partial charge in [0.25, 0.3) is 10.0 Å². The van der Waals surface area contributed by atoms with Crippen LogP contribution in [0.25, 0.3) is 0 Å². The van der Waals surface area contributed by atoms with Crippen LogP contribution in [0.5, 0.6) is 0 Å². The summed E-state index contributed by atoms with van der Waals surface area (Å²) in [5, 5.41) is -0.0770. The van der Waals surface area contributed by atoms with Crippen molar-refractivity contribution in [1.29, 1.82) is 0 Å². The number of hydrogen-bond donors (Lipinski definition) is 3. The summed E-state index contributed by atoms with van der Waals surface area (Å²) in [5.74, 6) is 5.30. The zero-order valence-corrected chi connectivity index (χ0v) is 13.7. The molecule has 1 rings (SSSR count). The molecule has 1 aromatic rings. The van der Waals surface area contributed by atoms with Gasteiger partial charge in [-0.2, -0.15) is 0 Å². The molecule has 0 amide bonds. The van der Waals surface area contributed by atoms with Crippen LogP contribution in [0, 0.1) is 0 Å². The summed E-state index contributed by atoms with van der Waals surface area (Å²) in [4.78, 5) is 6.10. The Morgan fingerprint density at radius 3 is 2.71 bits per heavy atom. The normalized spacial score (nSPS) is 12.1. The summed E-state index contributed by atoms with van der Waals surface area (Å²) in [7, 11) is -1.58. The average molecular weight is 315 g/mol. The van der Waals surface area contributed by atoms with Gasteiger partial charge in [-0.15, -0.1) is 0 Å². The number of rotatable bonds is 9. The number of anilines is 1. The predicted octanol–water partition coefficient (Wildman–Crippen LogP) is 0.766. The van der Waals surface area contributed by atoms with Crippen molar-refractivity contribution in [2.45, 2.75) is 37.8 Å². The molecule has 0 spiro atoms. The molecule has 0 fully saturated rings. The van der Waals surface area contributed by atoms with Crippen molar-refractivity contribution in [2.24, 2.45) is 5.84 Å². The molecule has 0 bridgehead atoms. The lowest BCUT2D eigenvalue weighted by Crippen LogP contribution is -2.29. The Balaban J connectivity index is 2.47. The highest BCUT2D eigenvalue weighted by Crippen LogP contribution is 2.16. The van der Waals surface area contributed by atoms with Gasteiger partial charge in [-0.25, -0.2) is 18.1 Å². The first-order valence-electron chi connectivity index (χ1n) is 7.00. The van der Waals surface area contributed by atoms with Crippen LogP contribution in [0.2, 0.25) is 0 Å². The number of sulfonamides is 1. The molecule has 7 nitrogen and oxygen atoms in total. The van der Waals surface area contributed by atoms with Crippen LogP contribution >= 0.6 is 0 Å². The van der Waals surface area contributed by atoms with Crippen molar-refractivity contribution in [1.82, 2.24) is 14.6 Å². The fraction of sp³-hybridized carbons (Fsp3) is 0.615. The Labute approximate surface area is 127 Å². The van der Waals surface area contributed by atoms with E-state index in [0.717, 1.165) is 19.4 Å². The molecule has 120 valence electrons. The predicted molar refractivity (Wildman–Crippen MR) is 84.2 cm³/mol. The Hall–Kier alpha value is -1.22. The maximum absolute atomic E-state index is 12.1. The van der Waals surface area contributed by atoms with Gasteiger partial charge in [-0.3, -0.25) is 5.84 Å². The van der Waals surface area contributed by atoms with E-state index in [9.17, 15) is 8.42 Å². The molecule has 1 heterocycles. The zero-order valence-electron chi connectivity index (χ0n) is 12.8. The molecule has 0 saturated heterocycles. The van der Waals surface area contributed by atoms with E-state index in [-0.39, 0.29) is 10.7 Å². The van der Waals surface area contributed by atoms with Crippen LogP contribution in [0.3, 0.4) is 0 Å². The maximum atomic E-state index is 12.1. The van der Waals surface area contributed by atoms with Gasteiger partial charge in [0, 0.05) is 18.8 Å². The van der Waals surface area contributed by atoms with E-state index in [2.05, 4.69) is 40.9 Å². The average Bonchev–Trinajstić information content (AvgIpc) is 2.46. The van der Waals surface area contributed by atoms with Crippen molar-refractivity contribution < 1.29 is 8.42 Å². The highest BCUT2D eigenvalue weighted by molar-refractivity contribution is 7.89. The van der Waals surface area contributed by atoms with Crippen LogP contribution in [-0.4, -0.2) is 44.5 Å². The molecule has 0 radical (unpaired) electrons. The molecule has 0 unspecified atom stereocenters. The molecular weight excluding hydrogens is 290 g/mol. The van der Waals surface area contributed by atoms with Crippen molar-refractivity contribution in [3.63, 3.8) is 0 Å². The first-order chi connectivity index (χ1) is 9.88.